The first-order chi connectivity index (χ1) is 8.97. The Hall–Kier alpha value is -1.49. The lowest BCUT2D eigenvalue weighted by Crippen LogP contribution is -2.31. The maximum atomic E-state index is 12.0. The fraction of sp³-hybridized carbons (Fsp3) is 0.538. The largest absolute Gasteiger partial charge is 0.481 e. The van der Waals surface area contributed by atoms with Crippen LogP contribution in [0.4, 0.5) is 0 Å². The SMILES string of the molecule is CCC(CNC(=O)c1cc(Cl)cn1CC)CC(=O)O. The van der Waals surface area contributed by atoms with Crippen molar-refractivity contribution in [1.29, 1.82) is 0 Å². The summed E-state index contributed by atoms with van der Waals surface area (Å²) in [5.74, 6) is -1.12. The lowest BCUT2D eigenvalue weighted by Gasteiger charge is -2.14. The Morgan fingerprint density at radius 1 is 1.47 bits per heavy atom. The van der Waals surface area contributed by atoms with Gasteiger partial charge < -0.3 is 15.0 Å². The van der Waals surface area contributed by atoms with Crippen LogP contribution in [0.2, 0.25) is 5.02 Å². The first-order valence-corrected chi connectivity index (χ1v) is 6.71. The number of rotatable bonds is 7. The Bertz CT molecular complexity index is 457. The van der Waals surface area contributed by atoms with E-state index in [1.165, 1.54) is 0 Å². The predicted molar refractivity (Wildman–Crippen MR) is 73.5 cm³/mol. The Morgan fingerprint density at radius 3 is 2.68 bits per heavy atom. The summed E-state index contributed by atoms with van der Waals surface area (Å²) in [6.45, 7) is 4.84. The van der Waals surface area contributed by atoms with Crippen LogP contribution in [0, 0.1) is 5.92 Å². The molecule has 1 atom stereocenters. The second-order valence-corrected chi connectivity index (χ2v) is 4.85. The van der Waals surface area contributed by atoms with Gasteiger partial charge in [0.25, 0.3) is 5.91 Å². The Labute approximate surface area is 117 Å². The number of aromatic nitrogens is 1. The minimum Gasteiger partial charge on any atom is -0.481 e. The highest BCUT2D eigenvalue weighted by Gasteiger charge is 2.16. The molecule has 0 saturated carbocycles. The molecular weight excluding hydrogens is 268 g/mol. The second kappa shape index (κ2) is 7.19. The van der Waals surface area contributed by atoms with Crippen LogP contribution in [0.1, 0.15) is 37.2 Å². The molecule has 0 saturated heterocycles. The normalized spacial score (nSPS) is 12.2. The number of aryl methyl sites for hydroxylation is 1. The molecule has 19 heavy (non-hydrogen) atoms. The second-order valence-electron chi connectivity index (χ2n) is 4.41. The number of hydrogen-bond acceptors (Lipinski definition) is 2. The van der Waals surface area contributed by atoms with Crippen molar-refractivity contribution in [3.05, 3.63) is 23.0 Å². The highest BCUT2D eigenvalue weighted by Crippen LogP contribution is 2.14. The maximum absolute atomic E-state index is 12.0. The van der Waals surface area contributed by atoms with E-state index < -0.39 is 5.97 Å². The van der Waals surface area contributed by atoms with Gasteiger partial charge in [0.1, 0.15) is 5.69 Å². The fourth-order valence-corrected chi connectivity index (χ4v) is 2.08. The number of halogens is 1. The average molecular weight is 287 g/mol. The van der Waals surface area contributed by atoms with Crippen molar-refractivity contribution in [2.45, 2.75) is 33.2 Å². The van der Waals surface area contributed by atoms with Crippen molar-refractivity contribution in [2.75, 3.05) is 6.54 Å². The van der Waals surface area contributed by atoms with Gasteiger partial charge in [-0.05, 0) is 18.9 Å². The molecule has 1 unspecified atom stereocenters. The highest BCUT2D eigenvalue weighted by atomic mass is 35.5. The number of nitrogens with zero attached hydrogens (tertiary/aromatic N) is 1. The van der Waals surface area contributed by atoms with E-state index in [1.807, 2.05) is 13.8 Å². The van der Waals surface area contributed by atoms with Gasteiger partial charge in [-0.25, -0.2) is 0 Å². The van der Waals surface area contributed by atoms with Gasteiger partial charge in [-0.1, -0.05) is 24.9 Å². The molecule has 0 radical (unpaired) electrons. The zero-order valence-electron chi connectivity index (χ0n) is 11.1. The van der Waals surface area contributed by atoms with Gasteiger partial charge in [0.15, 0.2) is 0 Å². The van der Waals surface area contributed by atoms with E-state index >= 15 is 0 Å². The van der Waals surface area contributed by atoms with Crippen LogP contribution in [0.3, 0.4) is 0 Å². The van der Waals surface area contributed by atoms with E-state index in [2.05, 4.69) is 5.32 Å². The minimum absolute atomic E-state index is 0.0537. The molecule has 6 heteroatoms. The number of nitrogens with one attached hydrogen (secondary N) is 1. The Kier molecular flexibility index (Phi) is 5.89. The molecule has 1 aromatic rings. The quantitative estimate of drug-likeness (QED) is 0.808. The van der Waals surface area contributed by atoms with E-state index in [0.717, 1.165) is 0 Å². The van der Waals surface area contributed by atoms with Crippen molar-refractivity contribution >= 4 is 23.5 Å². The molecule has 0 bridgehead atoms. The van der Waals surface area contributed by atoms with E-state index in [9.17, 15) is 9.59 Å². The molecule has 1 aromatic heterocycles. The molecule has 106 valence electrons. The van der Waals surface area contributed by atoms with Crippen molar-refractivity contribution in [3.8, 4) is 0 Å². The molecule has 0 aliphatic rings. The molecule has 1 heterocycles. The molecule has 0 aromatic carbocycles. The predicted octanol–water partition coefficient (Wildman–Crippen LogP) is 2.39. The summed E-state index contributed by atoms with van der Waals surface area (Å²) in [6.07, 6.45) is 2.47. The van der Waals surface area contributed by atoms with Crippen molar-refractivity contribution < 1.29 is 14.7 Å². The van der Waals surface area contributed by atoms with Crippen molar-refractivity contribution in [1.82, 2.24) is 9.88 Å². The summed E-state index contributed by atoms with van der Waals surface area (Å²) in [7, 11) is 0. The van der Waals surface area contributed by atoms with Crippen molar-refractivity contribution in [2.24, 2.45) is 5.92 Å². The molecule has 1 rings (SSSR count). The first-order valence-electron chi connectivity index (χ1n) is 6.33. The summed E-state index contributed by atoms with van der Waals surface area (Å²) < 4.78 is 1.76. The van der Waals surface area contributed by atoms with Gasteiger partial charge in [-0.2, -0.15) is 0 Å². The lowest BCUT2D eigenvalue weighted by molar-refractivity contribution is -0.138. The lowest BCUT2D eigenvalue weighted by atomic mass is 10.0. The maximum Gasteiger partial charge on any atom is 0.303 e. The molecule has 5 nitrogen and oxygen atoms in total. The number of carbonyl (C=O) groups excluding carboxylic acids is 1. The third-order valence-corrected chi connectivity index (χ3v) is 3.24. The van der Waals surface area contributed by atoms with Gasteiger partial charge in [-0.3, -0.25) is 9.59 Å². The standard InChI is InChI=1S/C13H19ClN2O3/c1-3-9(5-12(17)18)7-15-13(19)11-6-10(14)8-16(11)4-2/h6,8-9H,3-5,7H2,1-2H3,(H,15,19)(H,17,18). The van der Waals surface area contributed by atoms with Gasteiger partial charge in [0.05, 0.1) is 5.02 Å². The van der Waals surface area contributed by atoms with Crippen LogP contribution in [-0.2, 0) is 11.3 Å². The summed E-state index contributed by atoms with van der Waals surface area (Å²) in [5.41, 5.74) is 0.498. The number of carbonyl (C=O) groups is 2. The molecular formula is C13H19ClN2O3. The fourth-order valence-electron chi connectivity index (χ4n) is 1.86. The van der Waals surface area contributed by atoms with E-state index in [0.29, 0.717) is 30.2 Å². The smallest absolute Gasteiger partial charge is 0.303 e. The zero-order chi connectivity index (χ0) is 14.4. The summed E-state index contributed by atoms with van der Waals surface area (Å²) >= 11 is 5.87. The van der Waals surface area contributed by atoms with Crippen LogP contribution in [-0.4, -0.2) is 28.1 Å². The number of hydrogen-bond donors (Lipinski definition) is 2. The van der Waals surface area contributed by atoms with Gasteiger partial charge >= 0.3 is 5.97 Å². The number of carboxylic acid groups (broad SMARTS) is 1. The van der Waals surface area contributed by atoms with Crippen LogP contribution in [0.25, 0.3) is 0 Å². The van der Waals surface area contributed by atoms with Gasteiger partial charge in [0.2, 0.25) is 0 Å². The van der Waals surface area contributed by atoms with E-state index in [4.69, 9.17) is 16.7 Å². The van der Waals surface area contributed by atoms with Gasteiger partial charge in [-0.15, -0.1) is 0 Å². The minimum atomic E-state index is -0.846. The summed E-state index contributed by atoms with van der Waals surface area (Å²) in [4.78, 5) is 22.7. The highest BCUT2D eigenvalue weighted by molar-refractivity contribution is 6.31. The monoisotopic (exact) mass is 286 g/mol. The molecule has 2 N–H and O–H groups in total. The van der Waals surface area contributed by atoms with Gasteiger partial charge in [0, 0.05) is 25.7 Å². The molecule has 0 fully saturated rings. The van der Waals surface area contributed by atoms with Crippen LogP contribution in [0.5, 0.6) is 0 Å². The van der Waals surface area contributed by atoms with E-state index in [1.54, 1.807) is 16.8 Å². The van der Waals surface area contributed by atoms with Crippen LogP contribution >= 0.6 is 11.6 Å². The van der Waals surface area contributed by atoms with Crippen LogP contribution in [0.15, 0.2) is 12.3 Å². The molecule has 0 aliphatic heterocycles. The number of amides is 1. The van der Waals surface area contributed by atoms with E-state index in [-0.39, 0.29) is 18.2 Å². The van der Waals surface area contributed by atoms with Crippen molar-refractivity contribution in [3.63, 3.8) is 0 Å². The summed E-state index contributed by atoms with van der Waals surface area (Å²) in [6, 6.07) is 1.61. The van der Waals surface area contributed by atoms with Crippen LogP contribution < -0.4 is 5.32 Å². The molecule has 0 aliphatic carbocycles. The Balaban J connectivity index is 2.61. The molecule has 1 amide bonds. The summed E-state index contributed by atoms with van der Waals surface area (Å²) in [5, 5.41) is 12.0. The molecule has 0 spiro atoms. The first kappa shape index (κ1) is 15.6. The third-order valence-electron chi connectivity index (χ3n) is 3.03. The number of aliphatic carboxylic acids is 1. The average Bonchev–Trinajstić information content (AvgIpc) is 2.74. The zero-order valence-corrected chi connectivity index (χ0v) is 11.9. The third kappa shape index (κ3) is 4.59. The Morgan fingerprint density at radius 2 is 2.16 bits per heavy atom. The number of carboxylic acids is 1. The topological polar surface area (TPSA) is 71.3 Å².